The minimum atomic E-state index is -0.427. The van der Waals surface area contributed by atoms with E-state index in [1.807, 2.05) is 18.2 Å². The lowest BCUT2D eigenvalue weighted by Crippen LogP contribution is -2.43. The highest BCUT2D eigenvalue weighted by atomic mass is 16.5. The lowest BCUT2D eigenvalue weighted by Gasteiger charge is -2.49. The van der Waals surface area contributed by atoms with Gasteiger partial charge in [0, 0.05) is 18.2 Å². The van der Waals surface area contributed by atoms with Crippen LogP contribution >= 0.6 is 0 Å². The Morgan fingerprint density at radius 2 is 2.29 bits per heavy atom. The molecule has 1 aliphatic carbocycles. The molecule has 92 valence electrons. The van der Waals surface area contributed by atoms with Crippen LogP contribution in [0.15, 0.2) is 24.4 Å². The molecule has 3 nitrogen and oxygen atoms in total. The second-order valence-corrected chi connectivity index (χ2v) is 5.30. The summed E-state index contributed by atoms with van der Waals surface area (Å²) in [6, 6.07) is 5.77. The number of hydrogen-bond acceptors (Lipinski definition) is 3. The van der Waals surface area contributed by atoms with E-state index in [0.29, 0.717) is 5.92 Å². The highest BCUT2D eigenvalue weighted by Gasteiger charge is 2.51. The van der Waals surface area contributed by atoms with Gasteiger partial charge in [0.1, 0.15) is 6.10 Å². The molecule has 1 N–H and O–H groups in total. The van der Waals surface area contributed by atoms with Crippen LogP contribution in [-0.2, 0) is 4.74 Å². The van der Waals surface area contributed by atoms with Gasteiger partial charge in [-0.3, -0.25) is 4.98 Å². The van der Waals surface area contributed by atoms with Crippen molar-refractivity contribution >= 4 is 0 Å². The van der Waals surface area contributed by atoms with Crippen LogP contribution in [0.4, 0.5) is 0 Å². The first kappa shape index (κ1) is 11.2. The fourth-order valence-corrected chi connectivity index (χ4v) is 3.31. The Labute approximate surface area is 102 Å². The first-order chi connectivity index (χ1) is 8.33. The monoisotopic (exact) mass is 233 g/mol. The van der Waals surface area contributed by atoms with E-state index in [-0.39, 0.29) is 5.41 Å². The third-order valence-corrected chi connectivity index (χ3v) is 4.54. The third-order valence-electron chi connectivity index (χ3n) is 4.54. The zero-order chi connectivity index (χ0) is 11.7. The number of aliphatic hydroxyl groups is 1. The molecule has 1 saturated carbocycles. The van der Waals surface area contributed by atoms with Crippen molar-refractivity contribution in [3.8, 4) is 0 Å². The summed E-state index contributed by atoms with van der Waals surface area (Å²) in [6.07, 6.45) is 5.86. The summed E-state index contributed by atoms with van der Waals surface area (Å²) in [5.74, 6) is 0.508. The Morgan fingerprint density at radius 1 is 1.41 bits per heavy atom. The molecule has 1 aromatic rings. The normalized spacial score (nSPS) is 28.6. The van der Waals surface area contributed by atoms with Gasteiger partial charge in [-0.25, -0.2) is 0 Å². The maximum absolute atomic E-state index is 10.6. The molecule has 0 amide bonds. The summed E-state index contributed by atoms with van der Waals surface area (Å²) < 4.78 is 5.49. The standard InChI is InChI=1S/C14H19NO2/c16-13(12-4-1-2-8-15-12)14(6-3-7-14)11-5-9-17-10-11/h1-2,4,8,11,13,16H,3,5-7,9-10H2. The van der Waals surface area contributed by atoms with E-state index in [4.69, 9.17) is 4.74 Å². The van der Waals surface area contributed by atoms with E-state index in [9.17, 15) is 5.11 Å². The van der Waals surface area contributed by atoms with E-state index in [2.05, 4.69) is 4.98 Å². The Morgan fingerprint density at radius 3 is 2.82 bits per heavy atom. The van der Waals surface area contributed by atoms with Gasteiger partial charge in [0.15, 0.2) is 0 Å². The quantitative estimate of drug-likeness (QED) is 0.871. The van der Waals surface area contributed by atoms with Gasteiger partial charge in [-0.2, -0.15) is 0 Å². The van der Waals surface area contributed by atoms with E-state index < -0.39 is 6.10 Å². The van der Waals surface area contributed by atoms with Crippen molar-refractivity contribution in [2.45, 2.75) is 31.8 Å². The van der Waals surface area contributed by atoms with Crippen molar-refractivity contribution in [2.24, 2.45) is 11.3 Å². The van der Waals surface area contributed by atoms with Crippen molar-refractivity contribution in [1.82, 2.24) is 4.98 Å². The average molecular weight is 233 g/mol. The number of hydrogen-bond donors (Lipinski definition) is 1. The summed E-state index contributed by atoms with van der Waals surface area (Å²) in [5.41, 5.74) is 0.851. The molecule has 0 radical (unpaired) electrons. The van der Waals surface area contributed by atoms with Crippen LogP contribution in [0.3, 0.4) is 0 Å². The third kappa shape index (κ3) is 1.78. The van der Waals surface area contributed by atoms with E-state index >= 15 is 0 Å². The minimum Gasteiger partial charge on any atom is -0.386 e. The number of nitrogens with zero attached hydrogens (tertiary/aromatic N) is 1. The van der Waals surface area contributed by atoms with Crippen LogP contribution in [0.5, 0.6) is 0 Å². The van der Waals surface area contributed by atoms with Crippen LogP contribution in [-0.4, -0.2) is 23.3 Å². The van der Waals surface area contributed by atoms with E-state index in [1.54, 1.807) is 6.20 Å². The molecule has 3 rings (SSSR count). The van der Waals surface area contributed by atoms with Crippen molar-refractivity contribution in [1.29, 1.82) is 0 Å². The number of rotatable bonds is 3. The van der Waals surface area contributed by atoms with Crippen LogP contribution in [0.25, 0.3) is 0 Å². The predicted octanol–water partition coefficient (Wildman–Crippen LogP) is 2.32. The van der Waals surface area contributed by atoms with Crippen molar-refractivity contribution in [3.63, 3.8) is 0 Å². The molecule has 0 spiro atoms. The summed E-state index contributed by atoms with van der Waals surface area (Å²) in [4.78, 5) is 4.31. The van der Waals surface area contributed by atoms with Gasteiger partial charge in [-0.15, -0.1) is 0 Å². The smallest absolute Gasteiger partial charge is 0.102 e. The van der Waals surface area contributed by atoms with Crippen molar-refractivity contribution in [3.05, 3.63) is 30.1 Å². The second-order valence-electron chi connectivity index (χ2n) is 5.30. The molecular formula is C14H19NO2. The van der Waals surface area contributed by atoms with Crippen molar-refractivity contribution in [2.75, 3.05) is 13.2 Å². The molecule has 2 atom stereocenters. The number of pyridine rings is 1. The maximum atomic E-state index is 10.6. The lowest BCUT2D eigenvalue weighted by atomic mass is 9.57. The Hall–Kier alpha value is -0.930. The van der Waals surface area contributed by atoms with Gasteiger partial charge < -0.3 is 9.84 Å². The van der Waals surface area contributed by atoms with Crippen LogP contribution in [0.2, 0.25) is 0 Å². The highest BCUT2D eigenvalue weighted by molar-refractivity contribution is 5.14. The van der Waals surface area contributed by atoms with Gasteiger partial charge in [0.2, 0.25) is 0 Å². The molecule has 0 aromatic carbocycles. The van der Waals surface area contributed by atoms with Crippen LogP contribution in [0.1, 0.15) is 37.5 Å². The number of aromatic nitrogens is 1. The fraction of sp³-hybridized carbons (Fsp3) is 0.643. The molecule has 2 fully saturated rings. The largest absolute Gasteiger partial charge is 0.386 e. The van der Waals surface area contributed by atoms with Gasteiger partial charge in [0.05, 0.1) is 12.3 Å². The van der Waals surface area contributed by atoms with Gasteiger partial charge in [0.25, 0.3) is 0 Å². The Kier molecular flexibility index (Phi) is 2.89. The number of ether oxygens (including phenoxy) is 1. The molecule has 2 unspecified atom stereocenters. The molecule has 1 saturated heterocycles. The van der Waals surface area contributed by atoms with Crippen LogP contribution in [0, 0.1) is 11.3 Å². The summed E-state index contributed by atoms with van der Waals surface area (Å²) in [5, 5.41) is 10.6. The maximum Gasteiger partial charge on any atom is 0.102 e. The number of aliphatic hydroxyl groups excluding tert-OH is 1. The van der Waals surface area contributed by atoms with E-state index in [0.717, 1.165) is 38.2 Å². The lowest BCUT2D eigenvalue weighted by molar-refractivity contribution is -0.0851. The molecule has 1 aromatic heterocycles. The summed E-state index contributed by atoms with van der Waals surface area (Å²) in [6.45, 7) is 1.66. The summed E-state index contributed by atoms with van der Waals surface area (Å²) in [7, 11) is 0. The molecule has 2 aliphatic rings. The fourth-order valence-electron chi connectivity index (χ4n) is 3.31. The van der Waals surface area contributed by atoms with E-state index in [1.165, 1.54) is 6.42 Å². The zero-order valence-corrected chi connectivity index (χ0v) is 10.0. The van der Waals surface area contributed by atoms with Gasteiger partial charge in [-0.1, -0.05) is 12.5 Å². The van der Waals surface area contributed by atoms with Gasteiger partial charge in [-0.05, 0) is 37.3 Å². The molecule has 3 heteroatoms. The zero-order valence-electron chi connectivity index (χ0n) is 10.0. The first-order valence-corrected chi connectivity index (χ1v) is 6.50. The molecule has 0 bridgehead atoms. The van der Waals surface area contributed by atoms with Crippen molar-refractivity contribution < 1.29 is 9.84 Å². The highest BCUT2D eigenvalue weighted by Crippen LogP contribution is 2.56. The van der Waals surface area contributed by atoms with Gasteiger partial charge >= 0.3 is 0 Å². The Bertz CT molecular complexity index is 369. The molecule has 17 heavy (non-hydrogen) atoms. The molecular weight excluding hydrogens is 214 g/mol. The average Bonchev–Trinajstić information content (AvgIpc) is 2.83. The summed E-state index contributed by atoms with van der Waals surface area (Å²) >= 11 is 0. The molecule has 1 aliphatic heterocycles. The molecule has 2 heterocycles. The SMILES string of the molecule is OC(c1ccccn1)C1(C2CCOC2)CCC1. The first-order valence-electron chi connectivity index (χ1n) is 6.50. The second kappa shape index (κ2) is 4.39. The minimum absolute atomic E-state index is 0.0326. The Balaban J connectivity index is 1.85. The topological polar surface area (TPSA) is 42.4 Å². The van der Waals surface area contributed by atoms with Crippen LogP contribution < -0.4 is 0 Å². The predicted molar refractivity (Wildman–Crippen MR) is 64.4 cm³/mol.